The number of nitrogens with zero attached hydrogens (tertiary/aromatic N) is 1. The van der Waals surface area contributed by atoms with E-state index in [1.807, 2.05) is 13.1 Å². The van der Waals surface area contributed by atoms with Gasteiger partial charge in [-0.2, -0.15) is 0 Å². The first-order valence-electron chi connectivity index (χ1n) is 5.93. The molecule has 0 atom stereocenters. The first kappa shape index (κ1) is 11.2. The number of hydrogen-bond acceptors (Lipinski definition) is 2. The number of nitrogens with two attached hydrogens (primary N) is 1. The van der Waals surface area contributed by atoms with E-state index in [0.29, 0.717) is 0 Å². The Morgan fingerprint density at radius 3 is 2.75 bits per heavy atom. The number of nitrogen functional groups attached to an aromatic ring is 1. The molecule has 0 saturated heterocycles. The van der Waals surface area contributed by atoms with Crippen LogP contribution in [0.15, 0.2) is 18.2 Å². The van der Waals surface area contributed by atoms with Crippen LogP contribution in [0.5, 0.6) is 0 Å². The van der Waals surface area contributed by atoms with Crippen molar-refractivity contribution in [3.05, 3.63) is 24.0 Å². The highest BCUT2D eigenvalue weighted by Gasteiger charge is 2.17. The van der Waals surface area contributed by atoms with Crippen LogP contribution in [-0.2, 0) is 0 Å². The van der Waals surface area contributed by atoms with Crippen molar-refractivity contribution >= 4 is 11.4 Å². The van der Waals surface area contributed by atoms with E-state index in [1.165, 1.54) is 31.7 Å². The monoisotopic (exact) mass is 222 g/mol. The van der Waals surface area contributed by atoms with Crippen LogP contribution in [0, 0.1) is 11.7 Å². The second-order valence-corrected chi connectivity index (χ2v) is 4.71. The predicted octanol–water partition coefficient (Wildman–Crippen LogP) is 3.03. The normalized spacial score (nSPS) is 15.9. The third kappa shape index (κ3) is 2.46. The Morgan fingerprint density at radius 1 is 1.44 bits per heavy atom. The lowest BCUT2D eigenvalue weighted by atomic mass is 9.83. The zero-order valence-corrected chi connectivity index (χ0v) is 9.75. The Bertz CT molecular complexity index is 361. The van der Waals surface area contributed by atoms with Gasteiger partial charge in [-0.05, 0) is 30.5 Å². The molecular weight excluding hydrogens is 203 g/mol. The fourth-order valence-corrected chi connectivity index (χ4v) is 2.04. The second-order valence-electron chi connectivity index (χ2n) is 4.71. The van der Waals surface area contributed by atoms with E-state index in [-0.39, 0.29) is 11.5 Å². The third-order valence-electron chi connectivity index (χ3n) is 3.52. The molecule has 1 aromatic carbocycles. The van der Waals surface area contributed by atoms with Crippen molar-refractivity contribution in [2.45, 2.75) is 25.7 Å². The Kier molecular flexibility index (Phi) is 3.32. The molecule has 2 rings (SSSR count). The topological polar surface area (TPSA) is 29.3 Å². The van der Waals surface area contributed by atoms with E-state index >= 15 is 0 Å². The number of halogens is 1. The van der Waals surface area contributed by atoms with Gasteiger partial charge in [-0.25, -0.2) is 4.39 Å². The number of rotatable bonds is 4. The van der Waals surface area contributed by atoms with Gasteiger partial charge in [0, 0.05) is 19.3 Å². The molecule has 1 aliphatic rings. The van der Waals surface area contributed by atoms with E-state index in [1.54, 1.807) is 6.07 Å². The molecule has 0 aromatic heterocycles. The number of hydrogen-bond donors (Lipinski definition) is 1. The quantitative estimate of drug-likeness (QED) is 0.793. The van der Waals surface area contributed by atoms with Crippen LogP contribution in [0.1, 0.15) is 25.7 Å². The third-order valence-corrected chi connectivity index (χ3v) is 3.52. The predicted molar refractivity (Wildman–Crippen MR) is 66.0 cm³/mol. The highest BCUT2D eigenvalue weighted by atomic mass is 19.1. The Morgan fingerprint density at radius 2 is 2.19 bits per heavy atom. The smallest absolute Gasteiger partial charge is 0.148 e. The lowest BCUT2D eigenvalue weighted by molar-refractivity contribution is 0.299. The fraction of sp³-hybridized carbons (Fsp3) is 0.538. The zero-order valence-electron chi connectivity index (χ0n) is 9.75. The Balaban J connectivity index is 1.91. The Hall–Kier alpha value is -1.25. The van der Waals surface area contributed by atoms with Gasteiger partial charge in [0.2, 0.25) is 0 Å². The summed E-state index contributed by atoms with van der Waals surface area (Å²) in [6, 6.07) is 5.01. The summed E-state index contributed by atoms with van der Waals surface area (Å²) in [6.07, 6.45) is 5.32. The van der Waals surface area contributed by atoms with Crippen molar-refractivity contribution in [3.63, 3.8) is 0 Å². The van der Waals surface area contributed by atoms with Gasteiger partial charge in [0.15, 0.2) is 0 Å². The molecule has 1 fully saturated rings. The van der Waals surface area contributed by atoms with E-state index in [0.717, 1.165) is 18.2 Å². The molecule has 1 aliphatic carbocycles. The van der Waals surface area contributed by atoms with Gasteiger partial charge in [-0.15, -0.1) is 0 Å². The van der Waals surface area contributed by atoms with Crippen LogP contribution in [0.4, 0.5) is 15.8 Å². The van der Waals surface area contributed by atoms with Gasteiger partial charge in [0.05, 0.1) is 5.69 Å². The molecule has 0 radical (unpaired) electrons. The summed E-state index contributed by atoms with van der Waals surface area (Å²) in [6.45, 7) is 0.994. The molecule has 1 saturated carbocycles. The van der Waals surface area contributed by atoms with Crippen molar-refractivity contribution in [2.24, 2.45) is 5.92 Å². The maximum Gasteiger partial charge on any atom is 0.148 e. The molecule has 16 heavy (non-hydrogen) atoms. The number of anilines is 2. The van der Waals surface area contributed by atoms with Gasteiger partial charge >= 0.3 is 0 Å². The molecular formula is C13H19FN2. The summed E-state index contributed by atoms with van der Waals surface area (Å²) in [4.78, 5) is 2.10. The van der Waals surface area contributed by atoms with E-state index in [9.17, 15) is 4.39 Å². The molecule has 0 unspecified atom stereocenters. The maximum atomic E-state index is 13.3. The molecule has 0 spiro atoms. The fourth-order valence-electron chi connectivity index (χ4n) is 2.04. The molecule has 2 nitrogen and oxygen atoms in total. The average Bonchev–Trinajstić information content (AvgIpc) is 2.19. The van der Waals surface area contributed by atoms with E-state index in [4.69, 9.17) is 5.73 Å². The van der Waals surface area contributed by atoms with Crippen molar-refractivity contribution in [1.82, 2.24) is 0 Å². The van der Waals surface area contributed by atoms with Crippen LogP contribution >= 0.6 is 0 Å². The van der Waals surface area contributed by atoms with Crippen LogP contribution in [-0.4, -0.2) is 13.6 Å². The maximum absolute atomic E-state index is 13.3. The van der Waals surface area contributed by atoms with Crippen molar-refractivity contribution < 1.29 is 4.39 Å². The zero-order chi connectivity index (χ0) is 11.5. The molecule has 1 aromatic rings. The molecule has 0 aliphatic heterocycles. The Labute approximate surface area is 96.2 Å². The second kappa shape index (κ2) is 4.73. The summed E-state index contributed by atoms with van der Waals surface area (Å²) in [5, 5.41) is 0. The summed E-state index contributed by atoms with van der Waals surface area (Å²) in [5.74, 6) is 0.564. The van der Waals surface area contributed by atoms with Gasteiger partial charge in [0.1, 0.15) is 5.82 Å². The lowest BCUT2D eigenvalue weighted by Crippen LogP contribution is -2.23. The van der Waals surface area contributed by atoms with Crippen molar-refractivity contribution in [1.29, 1.82) is 0 Å². The summed E-state index contributed by atoms with van der Waals surface area (Å²) in [5.41, 5.74) is 6.58. The molecule has 0 bridgehead atoms. The molecule has 3 heteroatoms. The van der Waals surface area contributed by atoms with Crippen molar-refractivity contribution in [3.8, 4) is 0 Å². The molecule has 0 heterocycles. The SMILES string of the molecule is CN(CCC1CCC1)c1ccc(N)c(F)c1. The molecule has 88 valence electrons. The lowest BCUT2D eigenvalue weighted by Gasteiger charge is -2.28. The van der Waals surface area contributed by atoms with Crippen molar-refractivity contribution in [2.75, 3.05) is 24.2 Å². The minimum atomic E-state index is -0.326. The first-order chi connectivity index (χ1) is 7.66. The minimum absolute atomic E-state index is 0.219. The average molecular weight is 222 g/mol. The van der Waals surface area contributed by atoms with Gasteiger partial charge in [-0.1, -0.05) is 19.3 Å². The van der Waals surface area contributed by atoms with Crippen LogP contribution in [0.25, 0.3) is 0 Å². The first-order valence-corrected chi connectivity index (χ1v) is 5.93. The summed E-state index contributed by atoms with van der Waals surface area (Å²) < 4.78 is 13.3. The van der Waals surface area contributed by atoms with Crippen LogP contribution in [0.3, 0.4) is 0 Å². The van der Waals surface area contributed by atoms with E-state index in [2.05, 4.69) is 4.90 Å². The van der Waals surface area contributed by atoms with Gasteiger partial charge in [0.25, 0.3) is 0 Å². The molecule has 2 N–H and O–H groups in total. The highest BCUT2D eigenvalue weighted by molar-refractivity contribution is 5.53. The van der Waals surface area contributed by atoms with Crippen LogP contribution in [0.2, 0.25) is 0 Å². The standard InChI is InChI=1S/C13H19FN2/c1-16(8-7-10-3-2-4-10)11-5-6-13(15)12(14)9-11/h5-6,9-10H,2-4,7-8,15H2,1H3. The van der Waals surface area contributed by atoms with E-state index < -0.39 is 0 Å². The van der Waals surface area contributed by atoms with Gasteiger partial charge in [-0.3, -0.25) is 0 Å². The minimum Gasteiger partial charge on any atom is -0.396 e. The largest absolute Gasteiger partial charge is 0.396 e. The number of benzene rings is 1. The molecule has 0 amide bonds. The van der Waals surface area contributed by atoms with Gasteiger partial charge < -0.3 is 10.6 Å². The highest BCUT2D eigenvalue weighted by Crippen LogP contribution is 2.30. The summed E-state index contributed by atoms with van der Waals surface area (Å²) >= 11 is 0. The summed E-state index contributed by atoms with van der Waals surface area (Å²) in [7, 11) is 2.00. The van der Waals surface area contributed by atoms with Crippen LogP contribution < -0.4 is 10.6 Å².